The number of nitrogens with two attached hydrogens (primary N) is 2. The molecule has 9 heavy (non-hydrogen) atoms. The summed E-state index contributed by atoms with van der Waals surface area (Å²) >= 11 is 0. The SMILES string of the molecule is C.C.C.C.NC(N)=O.O. The summed E-state index contributed by atoms with van der Waals surface area (Å²) in [4.78, 5) is 9.00. The van der Waals surface area contributed by atoms with E-state index >= 15 is 0 Å². The predicted molar refractivity (Wildman–Crippen MR) is 44.3 cm³/mol. The highest BCUT2D eigenvalue weighted by molar-refractivity contribution is 5.69. The van der Waals surface area contributed by atoms with Gasteiger partial charge in [-0.05, 0) is 0 Å². The van der Waals surface area contributed by atoms with Gasteiger partial charge in [-0.15, -0.1) is 0 Å². The highest BCUT2D eigenvalue weighted by Gasteiger charge is 1.60. The van der Waals surface area contributed by atoms with E-state index in [9.17, 15) is 0 Å². The van der Waals surface area contributed by atoms with E-state index in [1.54, 1.807) is 0 Å². The number of hydrogen-bond acceptors (Lipinski definition) is 1. The summed E-state index contributed by atoms with van der Waals surface area (Å²) in [5.74, 6) is 0. The second-order valence-corrected chi connectivity index (χ2v) is 0.402. The van der Waals surface area contributed by atoms with Gasteiger partial charge in [-0.3, -0.25) is 0 Å². The number of carbonyl (C=O) groups excluding carboxylic acids is 1. The van der Waals surface area contributed by atoms with E-state index in [4.69, 9.17) is 4.79 Å². The zero-order chi connectivity index (χ0) is 3.58. The highest BCUT2D eigenvalue weighted by atomic mass is 16.2. The lowest BCUT2D eigenvalue weighted by Crippen LogP contribution is -2.18. The Morgan fingerprint density at radius 3 is 0.889 bits per heavy atom. The van der Waals surface area contributed by atoms with Crippen LogP contribution in [0, 0.1) is 0 Å². The van der Waals surface area contributed by atoms with Crippen LogP contribution in [0.5, 0.6) is 0 Å². The lowest BCUT2D eigenvalue weighted by atomic mass is 11.2. The van der Waals surface area contributed by atoms with Crippen molar-refractivity contribution < 1.29 is 10.3 Å². The van der Waals surface area contributed by atoms with E-state index in [0.717, 1.165) is 0 Å². The van der Waals surface area contributed by atoms with E-state index < -0.39 is 6.03 Å². The summed E-state index contributed by atoms with van der Waals surface area (Å²) < 4.78 is 0. The van der Waals surface area contributed by atoms with E-state index in [-0.39, 0.29) is 35.2 Å². The fourth-order valence-corrected chi connectivity index (χ4v) is 0. The predicted octanol–water partition coefficient (Wildman–Crippen LogP) is 0.744. The van der Waals surface area contributed by atoms with Crippen LogP contribution in [0.4, 0.5) is 4.79 Å². The molecule has 0 saturated carbocycles. The highest BCUT2D eigenvalue weighted by Crippen LogP contribution is 1.25. The van der Waals surface area contributed by atoms with Crippen LogP contribution in [0.15, 0.2) is 0 Å². The van der Waals surface area contributed by atoms with E-state index in [1.165, 1.54) is 0 Å². The van der Waals surface area contributed by atoms with Gasteiger partial charge in [0.15, 0.2) is 0 Å². The monoisotopic (exact) mass is 142 g/mol. The number of hydrogen-bond donors (Lipinski definition) is 2. The van der Waals surface area contributed by atoms with Crippen molar-refractivity contribution >= 4 is 6.03 Å². The van der Waals surface area contributed by atoms with Crippen LogP contribution in [0.1, 0.15) is 29.7 Å². The minimum Gasteiger partial charge on any atom is -0.412 e. The van der Waals surface area contributed by atoms with E-state index in [0.29, 0.717) is 0 Å². The molecule has 0 atom stereocenters. The molecule has 0 unspecified atom stereocenters. The molecular formula is C5H22N2O2. The molecule has 4 nitrogen and oxygen atoms in total. The Morgan fingerprint density at radius 1 is 0.889 bits per heavy atom. The van der Waals surface area contributed by atoms with Crippen LogP contribution < -0.4 is 11.5 Å². The molecule has 4 heteroatoms. The molecule has 0 bridgehead atoms. The number of primary amides is 2. The Bertz CT molecular complexity index is 35.9. The molecular weight excluding hydrogens is 120 g/mol. The van der Waals surface area contributed by atoms with Crippen molar-refractivity contribution in [2.24, 2.45) is 11.5 Å². The molecule has 0 aliphatic rings. The zero-order valence-corrected chi connectivity index (χ0v) is 2.56. The topological polar surface area (TPSA) is 101 Å². The quantitative estimate of drug-likeness (QED) is 0.512. The van der Waals surface area contributed by atoms with Gasteiger partial charge in [0.2, 0.25) is 0 Å². The third-order valence-corrected chi connectivity index (χ3v) is 0. The lowest BCUT2D eigenvalue weighted by molar-refractivity contribution is 0.256. The fourth-order valence-electron chi connectivity index (χ4n) is 0. The Labute approximate surface area is 58.5 Å². The van der Waals surface area contributed by atoms with Gasteiger partial charge in [-0.1, -0.05) is 29.7 Å². The summed E-state index contributed by atoms with van der Waals surface area (Å²) in [5, 5.41) is 0. The summed E-state index contributed by atoms with van der Waals surface area (Å²) in [6, 6.07) is -0.833. The van der Waals surface area contributed by atoms with Crippen molar-refractivity contribution in [2.45, 2.75) is 29.7 Å². The van der Waals surface area contributed by atoms with Crippen molar-refractivity contribution in [3.63, 3.8) is 0 Å². The van der Waals surface area contributed by atoms with Crippen LogP contribution in [-0.2, 0) is 0 Å². The van der Waals surface area contributed by atoms with Crippen molar-refractivity contribution in [2.75, 3.05) is 0 Å². The largest absolute Gasteiger partial charge is 0.412 e. The number of amides is 2. The Morgan fingerprint density at radius 2 is 0.889 bits per heavy atom. The fraction of sp³-hybridized carbons (Fsp3) is 0.800. The summed E-state index contributed by atoms with van der Waals surface area (Å²) in [6.45, 7) is 0. The number of rotatable bonds is 0. The van der Waals surface area contributed by atoms with Crippen molar-refractivity contribution in [3.05, 3.63) is 0 Å². The van der Waals surface area contributed by atoms with Crippen molar-refractivity contribution in [1.29, 1.82) is 0 Å². The van der Waals surface area contributed by atoms with Gasteiger partial charge in [-0.2, -0.15) is 0 Å². The van der Waals surface area contributed by atoms with E-state index in [1.807, 2.05) is 0 Å². The molecule has 2 amide bonds. The first-order valence-electron chi connectivity index (χ1n) is 0.781. The van der Waals surface area contributed by atoms with Crippen LogP contribution >= 0.6 is 0 Å². The summed E-state index contributed by atoms with van der Waals surface area (Å²) in [7, 11) is 0. The molecule has 0 saturated heterocycles. The number of urea groups is 1. The van der Waals surface area contributed by atoms with Crippen LogP contribution in [0.3, 0.4) is 0 Å². The van der Waals surface area contributed by atoms with Crippen molar-refractivity contribution in [1.82, 2.24) is 0 Å². The van der Waals surface area contributed by atoms with Crippen LogP contribution in [0.2, 0.25) is 0 Å². The normalized spacial score (nSPS) is 2.67. The molecule has 0 aromatic rings. The maximum Gasteiger partial charge on any atom is 0.309 e. The number of carbonyl (C=O) groups is 1. The van der Waals surface area contributed by atoms with Crippen molar-refractivity contribution in [3.8, 4) is 0 Å². The third-order valence-electron chi connectivity index (χ3n) is 0. The second-order valence-electron chi connectivity index (χ2n) is 0.402. The Hall–Kier alpha value is -0.770. The summed E-state index contributed by atoms with van der Waals surface area (Å²) in [5.41, 5.74) is 8.50. The third kappa shape index (κ3) is 334. The molecule has 0 spiro atoms. The van der Waals surface area contributed by atoms with Gasteiger partial charge in [0.05, 0.1) is 0 Å². The van der Waals surface area contributed by atoms with Gasteiger partial charge in [0.25, 0.3) is 0 Å². The average Bonchev–Trinajstić information content (AvgIpc) is 0.811. The molecule has 0 heterocycles. The van der Waals surface area contributed by atoms with Crippen LogP contribution in [-0.4, -0.2) is 11.5 Å². The lowest BCUT2D eigenvalue weighted by Gasteiger charge is -1.62. The minimum absolute atomic E-state index is 0. The minimum atomic E-state index is -0.833. The molecule has 0 fully saturated rings. The molecule has 0 aliphatic carbocycles. The van der Waals surface area contributed by atoms with Gasteiger partial charge >= 0.3 is 6.03 Å². The standard InChI is InChI=1S/CH4N2O.4CH4.H2O/c2-1(3)4;;;;;/h(H4,2,3,4);4*1H4;1H2. The second kappa shape index (κ2) is 56.4. The van der Waals surface area contributed by atoms with Gasteiger partial charge in [-0.25, -0.2) is 4.79 Å². The molecule has 0 aromatic carbocycles. The molecule has 0 aromatic heterocycles. The first kappa shape index (κ1) is 86.5. The molecule has 0 aliphatic heterocycles. The first-order valence-corrected chi connectivity index (χ1v) is 0.781. The molecule has 0 rings (SSSR count). The molecule has 6 N–H and O–H groups in total. The Kier molecular flexibility index (Phi) is 542. The molecule has 0 radical (unpaired) electrons. The first-order chi connectivity index (χ1) is 1.73. The van der Waals surface area contributed by atoms with Crippen LogP contribution in [0.25, 0.3) is 0 Å². The van der Waals surface area contributed by atoms with Gasteiger partial charge < -0.3 is 16.9 Å². The maximum atomic E-state index is 9.00. The van der Waals surface area contributed by atoms with Gasteiger partial charge in [0, 0.05) is 0 Å². The van der Waals surface area contributed by atoms with Gasteiger partial charge in [0.1, 0.15) is 0 Å². The smallest absolute Gasteiger partial charge is 0.309 e. The Balaban J connectivity index is -0.00000000450. The maximum absolute atomic E-state index is 9.00. The zero-order valence-electron chi connectivity index (χ0n) is 2.56. The molecule has 64 valence electrons. The summed E-state index contributed by atoms with van der Waals surface area (Å²) in [6.07, 6.45) is 0. The van der Waals surface area contributed by atoms with E-state index in [2.05, 4.69) is 11.5 Å². The average molecular weight is 142 g/mol.